The first-order valence-electron chi connectivity index (χ1n) is 0. The van der Waals surface area contributed by atoms with Gasteiger partial charge in [0.25, 0.3) is 0 Å². The first kappa shape index (κ1) is 196. The molecule has 0 fully saturated rings. The zero-order chi connectivity index (χ0) is 0. The molecule has 8 heteroatoms. The molecule has 8 heavy (non-hydrogen) atoms. The molecular weight excluding hydrogens is 321 g/mol. The zero-order valence-electron chi connectivity index (χ0n) is 3.54. The topological polar surface area (TPSA) is 126 Å². The summed E-state index contributed by atoms with van der Waals surface area (Å²) in [5.74, 6) is 0. The van der Waals surface area contributed by atoms with Crippen molar-refractivity contribution in [3.05, 3.63) is 0 Å². The molecule has 8 N–H and O–H groups in total. The fourth-order valence-corrected chi connectivity index (χ4v) is 0. The molecule has 0 atom stereocenters. The third kappa shape index (κ3) is 95.3. The Labute approximate surface area is 98.4 Å². The fourth-order valence-electron chi connectivity index (χ4n) is 0. The van der Waals surface area contributed by atoms with Crippen LogP contribution in [0.1, 0.15) is 0 Å². The van der Waals surface area contributed by atoms with Gasteiger partial charge in [-0.3, -0.25) is 0 Å². The van der Waals surface area contributed by atoms with Crippen LogP contribution in [0.3, 0.4) is 0 Å². The van der Waals surface area contributed by atoms with E-state index in [9.17, 15) is 0 Å². The molecule has 0 aliphatic heterocycles. The minimum Gasteiger partial charge on any atom is -1.00 e. The maximum Gasteiger partial charge on any atom is 3.00 e. The molecule has 4 nitrogen and oxygen atoms in total. The van der Waals surface area contributed by atoms with Gasteiger partial charge in [0.2, 0.25) is 0 Å². The van der Waals surface area contributed by atoms with Gasteiger partial charge < -0.3 is 59.1 Å². The summed E-state index contributed by atoms with van der Waals surface area (Å²) in [5, 5.41) is 0. The van der Waals surface area contributed by atoms with Crippen LogP contribution in [0.5, 0.6) is 0 Å². The van der Waals surface area contributed by atoms with Gasteiger partial charge in [0, 0.05) is 0 Å². The van der Waals surface area contributed by atoms with E-state index in [0.29, 0.717) is 0 Å². The van der Waals surface area contributed by atoms with Crippen LogP contribution < -0.4 is 37.2 Å². The van der Waals surface area contributed by atoms with Crippen molar-refractivity contribution in [2.45, 2.75) is 0 Å². The molecule has 0 aromatic rings. The molecule has 1 radical (unpaired) electrons. The van der Waals surface area contributed by atoms with E-state index in [1.807, 2.05) is 0 Å². The number of halogens is 3. The minimum atomic E-state index is 0. The summed E-state index contributed by atoms with van der Waals surface area (Å²) in [7, 11) is 0. The van der Waals surface area contributed by atoms with Gasteiger partial charge in [-0.1, -0.05) is 0 Å². The quantitative estimate of drug-likeness (QED) is 0.419. The predicted octanol–water partition coefficient (Wildman–Crippen LogP) is -12.3. The first-order valence-corrected chi connectivity index (χ1v) is 0. The van der Waals surface area contributed by atoms with Crippen LogP contribution in [0.2, 0.25) is 0 Å². The number of rotatable bonds is 0. The molecule has 0 saturated heterocycles. The van der Waals surface area contributed by atoms with Crippen LogP contribution in [0.15, 0.2) is 0 Å². The zero-order valence-corrected chi connectivity index (χ0v) is 8.43. The van der Waals surface area contributed by atoms with E-state index in [-0.39, 0.29) is 99.5 Å². The van der Waals surface area contributed by atoms with Gasteiger partial charge >= 0.3 is 40.4 Å². The van der Waals surface area contributed by atoms with Gasteiger partial charge in [0.15, 0.2) is 0 Å². The average molecular weight is 329 g/mol. The van der Waals surface area contributed by atoms with Crippen LogP contribution in [-0.2, 0) is 0 Å². The maximum absolute atomic E-state index is 0. The van der Waals surface area contributed by atoms with E-state index >= 15 is 0 Å². The van der Waals surface area contributed by atoms with Gasteiger partial charge in [-0.25, -0.2) is 0 Å². The Morgan fingerprint density at radius 2 is 0.375 bits per heavy atom. The number of hydrogen-bond donors (Lipinski definition) is 0. The molecule has 0 unspecified atom stereocenters. The summed E-state index contributed by atoms with van der Waals surface area (Å²) in [6.07, 6.45) is 0. The molecule has 0 aliphatic rings. The minimum absolute atomic E-state index is 0. The van der Waals surface area contributed by atoms with Gasteiger partial charge in [-0.15, -0.1) is 0 Å². The summed E-state index contributed by atoms with van der Waals surface area (Å²) in [5.41, 5.74) is 0. The van der Waals surface area contributed by atoms with Crippen molar-refractivity contribution in [1.29, 1.82) is 0 Å². The molecule has 0 aromatic heterocycles. The summed E-state index contributed by atoms with van der Waals surface area (Å²) in [6, 6.07) is 0. The molecule has 0 bridgehead atoms. The summed E-state index contributed by atoms with van der Waals surface area (Å²) in [6.45, 7) is 0. The predicted molar refractivity (Wildman–Crippen MR) is 14.5 cm³/mol. The summed E-state index contributed by atoms with van der Waals surface area (Å²) < 4.78 is 0. The molecule has 0 saturated carbocycles. The van der Waals surface area contributed by atoms with Crippen molar-refractivity contribution in [2.75, 3.05) is 0 Å². The fraction of sp³-hybridized carbons (Fsp3) is 0. The molecule has 59 valence electrons. The SMILES string of the molecule is O.O.O.O.[Cl-].[Cl-].[Cl-].[Sm+3]. The Hall–Kier alpha value is 2.05. The van der Waals surface area contributed by atoms with Crippen molar-refractivity contribution >= 4 is 0 Å². The van der Waals surface area contributed by atoms with Gasteiger partial charge in [-0.05, 0) is 0 Å². The Morgan fingerprint density at radius 3 is 0.375 bits per heavy atom. The van der Waals surface area contributed by atoms with E-state index in [1.165, 1.54) is 0 Å². The maximum atomic E-state index is 0. The van der Waals surface area contributed by atoms with Crippen molar-refractivity contribution in [3.8, 4) is 0 Å². The molecule has 0 aromatic carbocycles. The van der Waals surface area contributed by atoms with E-state index in [4.69, 9.17) is 0 Å². The van der Waals surface area contributed by atoms with Crippen molar-refractivity contribution in [2.24, 2.45) is 0 Å². The Balaban J connectivity index is 0. The summed E-state index contributed by atoms with van der Waals surface area (Å²) >= 11 is 0. The van der Waals surface area contributed by atoms with Crippen molar-refractivity contribution < 1.29 is 99.5 Å². The van der Waals surface area contributed by atoms with Crippen molar-refractivity contribution in [1.82, 2.24) is 0 Å². The smallest absolute Gasteiger partial charge is 1.00 e. The monoisotopic (exact) mass is 329 g/mol. The third-order valence-electron chi connectivity index (χ3n) is 0. The molecule has 0 aliphatic carbocycles. The van der Waals surface area contributed by atoms with E-state index in [2.05, 4.69) is 0 Å². The largest absolute Gasteiger partial charge is 3.00 e. The standard InChI is InChI=1S/3ClH.4H2O.Sm/h3*1H;4*1H2;/q;;;;;;;+3/p-3. The molecule has 0 amide bonds. The third-order valence-corrected chi connectivity index (χ3v) is 0. The molecule has 0 rings (SSSR count). The van der Waals surface area contributed by atoms with E-state index in [1.54, 1.807) is 0 Å². The van der Waals surface area contributed by atoms with E-state index in [0.717, 1.165) is 0 Å². The van der Waals surface area contributed by atoms with Crippen LogP contribution in [0.25, 0.3) is 0 Å². The second kappa shape index (κ2) is 140. The average Bonchev–Trinajstić information content (AvgIpc) is 0. The van der Waals surface area contributed by atoms with Crippen LogP contribution in [0.4, 0.5) is 0 Å². The van der Waals surface area contributed by atoms with Gasteiger partial charge in [-0.2, -0.15) is 0 Å². The molecule has 0 heterocycles. The van der Waals surface area contributed by atoms with Crippen LogP contribution in [-0.4, -0.2) is 21.9 Å². The van der Waals surface area contributed by atoms with Gasteiger partial charge in [0.1, 0.15) is 0 Å². The van der Waals surface area contributed by atoms with E-state index < -0.39 is 0 Å². The van der Waals surface area contributed by atoms with Gasteiger partial charge in [0.05, 0.1) is 0 Å². The van der Waals surface area contributed by atoms with Crippen LogP contribution in [0, 0.1) is 40.4 Å². The summed E-state index contributed by atoms with van der Waals surface area (Å²) in [4.78, 5) is 0. The Bertz CT molecular complexity index is 11.2. The normalized spacial score (nSPS) is 0. The van der Waals surface area contributed by atoms with Crippen molar-refractivity contribution in [3.63, 3.8) is 0 Å². The first-order chi connectivity index (χ1) is 0. The molecule has 0 spiro atoms. The van der Waals surface area contributed by atoms with Crippen LogP contribution >= 0.6 is 0 Å². The second-order valence-electron chi connectivity index (χ2n) is 0. The Morgan fingerprint density at radius 1 is 0.375 bits per heavy atom. The Kier molecular flexibility index (Phi) is 3430. The number of hydrogen-bond acceptors (Lipinski definition) is 0. The second-order valence-corrected chi connectivity index (χ2v) is 0. The molecular formula is H8Cl3O4Sm.